The van der Waals surface area contributed by atoms with Crippen LogP contribution in [-0.4, -0.2) is 39.1 Å². The first-order chi connectivity index (χ1) is 14.0. The van der Waals surface area contributed by atoms with Gasteiger partial charge in [0.05, 0.1) is 5.60 Å². The van der Waals surface area contributed by atoms with Gasteiger partial charge in [0.1, 0.15) is 0 Å². The second kappa shape index (κ2) is 7.29. The second-order valence-electron chi connectivity index (χ2n) is 8.90. The maximum absolute atomic E-state index is 13.2. The summed E-state index contributed by atoms with van der Waals surface area (Å²) in [6.45, 7) is 2.85. The Morgan fingerprint density at radius 2 is 2.28 bits per heavy atom. The highest BCUT2D eigenvalue weighted by atomic mass is 32.1. The van der Waals surface area contributed by atoms with Crippen LogP contribution in [0, 0.1) is 0 Å². The lowest BCUT2D eigenvalue weighted by Gasteiger charge is -2.48. The molecule has 2 aromatic heterocycles. The number of piperidine rings is 1. The van der Waals surface area contributed by atoms with E-state index < -0.39 is 5.60 Å². The molecule has 1 aromatic carbocycles. The lowest BCUT2D eigenvalue weighted by Crippen LogP contribution is -2.55. The fraction of sp³-hybridized carbons (Fsp3) is 0.458. The van der Waals surface area contributed by atoms with Crippen LogP contribution < -0.4 is 0 Å². The van der Waals surface area contributed by atoms with E-state index in [9.17, 15) is 9.90 Å². The molecule has 29 heavy (non-hydrogen) atoms. The van der Waals surface area contributed by atoms with E-state index in [-0.39, 0.29) is 17.9 Å². The van der Waals surface area contributed by atoms with Gasteiger partial charge in [0.15, 0.2) is 0 Å². The van der Waals surface area contributed by atoms with Gasteiger partial charge in [0.25, 0.3) is 0 Å². The smallest absolute Gasteiger partial charge is 0.223 e. The maximum atomic E-state index is 13.2. The van der Waals surface area contributed by atoms with Gasteiger partial charge in [-0.3, -0.25) is 4.79 Å². The molecule has 1 saturated heterocycles. The van der Waals surface area contributed by atoms with Crippen molar-refractivity contribution in [1.29, 1.82) is 0 Å². The van der Waals surface area contributed by atoms with E-state index in [0.717, 1.165) is 37.6 Å². The number of thiophene rings is 1. The van der Waals surface area contributed by atoms with Crippen LogP contribution in [-0.2, 0) is 4.79 Å². The molecule has 2 fully saturated rings. The fourth-order valence-corrected chi connectivity index (χ4v) is 6.05. The van der Waals surface area contributed by atoms with Crippen LogP contribution in [0.1, 0.15) is 56.9 Å². The number of rotatable bonds is 4. The van der Waals surface area contributed by atoms with Crippen molar-refractivity contribution >= 4 is 28.1 Å². The minimum absolute atomic E-state index is 0.139. The van der Waals surface area contributed by atoms with Crippen LogP contribution in [0.4, 0.5) is 0 Å². The van der Waals surface area contributed by atoms with Crippen LogP contribution in [0.15, 0.2) is 41.2 Å². The molecule has 1 aliphatic heterocycles. The van der Waals surface area contributed by atoms with Gasteiger partial charge in [0, 0.05) is 36.1 Å². The number of hydrogen-bond donors (Lipinski definition) is 2. The van der Waals surface area contributed by atoms with E-state index in [0.29, 0.717) is 13.0 Å². The number of amides is 1. The number of aromatic amines is 1. The summed E-state index contributed by atoms with van der Waals surface area (Å²) in [7, 11) is 0. The number of H-pyrrole nitrogens is 1. The normalized spacial score (nSPS) is 25.3. The molecule has 5 rings (SSSR count). The number of nitrogens with one attached hydrogen (secondary N) is 1. The van der Waals surface area contributed by atoms with Gasteiger partial charge in [-0.2, -0.15) is 11.3 Å². The molecule has 3 unspecified atom stereocenters. The Labute approximate surface area is 175 Å². The molecule has 3 atom stereocenters. The van der Waals surface area contributed by atoms with Crippen molar-refractivity contribution in [3.05, 3.63) is 46.8 Å². The number of fused-ring (bicyclic) bond motifs is 3. The Kier molecular flexibility index (Phi) is 4.75. The van der Waals surface area contributed by atoms with Gasteiger partial charge in [-0.15, -0.1) is 0 Å². The molecule has 3 heterocycles. The summed E-state index contributed by atoms with van der Waals surface area (Å²) in [5.41, 5.74) is 4.27. The Morgan fingerprint density at radius 1 is 1.38 bits per heavy atom. The third kappa shape index (κ3) is 3.40. The Hall–Kier alpha value is -2.11. The predicted molar refractivity (Wildman–Crippen MR) is 118 cm³/mol. The Morgan fingerprint density at radius 3 is 3.10 bits per heavy atom. The van der Waals surface area contributed by atoms with Crippen LogP contribution in [0.2, 0.25) is 0 Å². The number of aliphatic hydroxyl groups is 1. The van der Waals surface area contributed by atoms with Crippen molar-refractivity contribution in [1.82, 2.24) is 9.88 Å². The van der Waals surface area contributed by atoms with Crippen LogP contribution >= 0.6 is 11.3 Å². The highest BCUT2D eigenvalue weighted by Gasteiger charge is 2.42. The number of nitrogens with zero attached hydrogens (tertiary/aromatic N) is 1. The number of carbonyl (C=O) groups excluding carboxylic acids is 1. The minimum Gasteiger partial charge on any atom is -0.390 e. The quantitative estimate of drug-likeness (QED) is 0.616. The molecule has 1 amide bonds. The molecule has 5 heteroatoms. The minimum atomic E-state index is -0.530. The highest BCUT2D eigenvalue weighted by molar-refractivity contribution is 7.08. The van der Waals surface area contributed by atoms with E-state index in [1.165, 1.54) is 22.1 Å². The standard InChI is InChI=1S/C24H28N2O2S/c1-16(12-22(27)26-10-9-24(28)8-3-4-18(26)13-24)20-14-25-21-6-2-5-19(23(20)21)17-7-11-29-15-17/h2,5-7,11,14-16,18,25,28H,3-4,8-10,12-13H2,1H3. The summed E-state index contributed by atoms with van der Waals surface area (Å²) in [5, 5.41) is 16.2. The van der Waals surface area contributed by atoms with Crippen molar-refractivity contribution in [3.8, 4) is 11.1 Å². The largest absolute Gasteiger partial charge is 0.390 e. The zero-order chi connectivity index (χ0) is 20.0. The average molecular weight is 409 g/mol. The molecule has 152 valence electrons. The van der Waals surface area contributed by atoms with E-state index in [2.05, 4.69) is 58.0 Å². The molecule has 2 aliphatic rings. The first-order valence-corrected chi connectivity index (χ1v) is 11.6. The lowest BCUT2D eigenvalue weighted by atomic mass is 9.76. The van der Waals surface area contributed by atoms with Crippen molar-refractivity contribution in [2.24, 2.45) is 0 Å². The van der Waals surface area contributed by atoms with Crippen LogP contribution in [0.5, 0.6) is 0 Å². The second-order valence-corrected chi connectivity index (χ2v) is 9.68. The SMILES string of the molecule is CC(CC(=O)N1CCC2(O)CCCC1C2)c1c[nH]c2cccc(-c3ccsc3)c12. The molecule has 4 nitrogen and oxygen atoms in total. The Balaban J connectivity index is 1.39. The van der Waals surface area contributed by atoms with Gasteiger partial charge >= 0.3 is 0 Å². The number of likely N-dealkylation sites (tertiary alicyclic amines) is 1. The van der Waals surface area contributed by atoms with E-state index >= 15 is 0 Å². The number of carbonyl (C=O) groups is 1. The van der Waals surface area contributed by atoms with Crippen LogP contribution in [0.3, 0.4) is 0 Å². The number of aromatic nitrogens is 1. The van der Waals surface area contributed by atoms with Gasteiger partial charge in [-0.25, -0.2) is 0 Å². The molecule has 2 N–H and O–H groups in total. The molecular formula is C24H28N2O2S. The number of hydrogen-bond acceptors (Lipinski definition) is 3. The first kappa shape index (κ1) is 18.9. The third-order valence-corrected chi connectivity index (χ3v) is 7.64. The summed E-state index contributed by atoms with van der Waals surface area (Å²) in [5.74, 6) is 0.370. The topological polar surface area (TPSA) is 56.3 Å². The van der Waals surface area contributed by atoms with Gasteiger partial charge in [-0.05, 0) is 77.6 Å². The Bertz CT molecular complexity index is 1020. The lowest BCUT2D eigenvalue weighted by molar-refractivity contribution is -0.144. The first-order valence-electron chi connectivity index (χ1n) is 10.7. The summed E-state index contributed by atoms with van der Waals surface area (Å²) in [6, 6.07) is 8.74. The zero-order valence-corrected chi connectivity index (χ0v) is 17.7. The van der Waals surface area contributed by atoms with E-state index in [1.54, 1.807) is 11.3 Å². The molecule has 1 aliphatic carbocycles. The van der Waals surface area contributed by atoms with Gasteiger partial charge < -0.3 is 15.0 Å². The van der Waals surface area contributed by atoms with Crippen molar-refractivity contribution in [2.75, 3.05) is 6.54 Å². The number of benzene rings is 1. The molecular weight excluding hydrogens is 380 g/mol. The maximum Gasteiger partial charge on any atom is 0.223 e. The van der Waals surface area contributed by atoms with Gasteiger partial charge in [-0.1, -0.05) is 19.1 Å². The molecule has 2 bridgehead atoms. The third-order valence-electron chi connectivity index (χ3n) is 6.95. The summed E-state index contributed by atoms with van der Waals surface area (Å²) in [4.78, 5) is 18.7. The predicted octanol–water partition coefficient (Wildman–Crippen LogP) is 5.30. The van der Waals surface area contributed by atoms with Gasteiger partial charge in [0.2, 0.25) is 5.91 Å². The van der Waals surface area contributed by atoms with E-state index in [4.69, 9.17) is 0 Å². The summed E-state index contributed by atoms with van der Waals surface area (Å²) < 4.78 is 0. The summed E-state index contributed by atoms with van der Waals surface area (Å²) in [6.07, 6.45) is 7.00. The summed E-state index contributed by atoms with van der Waals surface area (Å²) >= 11 is 1.71. The van der Waals surface area contributed by atoms with Crippen molar-refractivity contribution < 1.29 is 9.90 Å². The molecule has 1 saturated carbocycles. The van der Waals surface area contributed by atoms with Crippen molar-refractivity contribution in [3.63, 3.8) is 0 Å². The van der Waals surface area contributed by atoms with Crippen LogP contribution in [0.25, 0.3) is 22.0 Å². The average Bonchev–Trinajstić information content (AvgIpc) is 3.37. The molecule has 3 aromatic rings. The fourth-order valence-electron chi connectivity index (χ4n) is 5.39. The monoisotopic (exact) mass is 408 g/mol. The zero-order valence-electron chi connectivity index (χ0n) is 16.9. The molecule has 0 spiro atoms. The molecule has 0 radical (unpaired) electrons. The van der Waals surface area contributed by atoms with Crippen molar-refractivity contribution in [2.45, 2.75) is 63.0 Å². The van der Waals surface area contributed by atoms with E-state index in [1.807, 2.05) is 0 Å². The highest BCUT2D eigenvalue weighted by Crippen LogP contribution is 2.40.